The van der Waals surface area contributed by atoms with Crippen molar-refractivity contribution in [1.29, 1.82) is 0 Å². The lowest BCUT2D eigenvalue weighted by atomic mass is 9.81. The summed E-state index contributed by atoms with van der Waals surface area (Å²) in [6, 6.07) is 11.9. The standard InChI is InChI=1S/C29H26Cl2F3N3O3S/c1-29(2,16-4-6-20(30)21(31)10-16)26-14-36-28(37(26)18-5-7-22(32)25(13-18)40-3)41-15-19-23(33)11-17(12-24(19)34)35-9-8-27(38)39/h4-7,10-14,35H,8-9,15H2,1-3H3,(H,38,39). The van der Waals surface area contributed by atoms with Gasteiger partial charge in [0, 0.05) is 35.0 Å². The van der Waals surface area contributed by atoms with Crippen molar-refractivity contribution >= 4 is 46.6 Å². The molecule has 216 valence electrons. The van der Waals surface area contributed by atoms with E-state index in [1.54, 1.807) is 29.0 Å². The summed E-state index contributed by atoms with van der Waals surface area (Å²) in [6.45, 7) is 3.95. The molecule has 0 spiro atoms. The van der Waals surface area contributed by atoms with Gasteiger partial charge in [0.25, 0.3) is 0 Å². The van der Waals surface area contributed by atoms with Gasteiger partial charge in [0.15, 0.2) is 16.7 Å². The molecule has 1 aromatic heterocycles. The number of nitrogens with one attached hydrogen (secondary N) is 1. The number of hydrogen-bond donors (Lipinski definition) is 2. The Kier molecular flexibility index (Phi) is 9.46. The van der Waals surface area contributed by atoms with Crippen molar-refractivity contribution in [3.8, 4) is 11.4 Å². The first-order chi connectivity index (χ1) is 19.4. The van der Waals surface area contributed by atoms with Gasteiger partial charge in [0.05, 0.1) is 41.2 Å². The second kappa shape index (κ2) is 12.7. The third kappa shape index (κ3) is 6.77. The fourth-order valence-electron chi connectivity index (χ4n) is 4.24. The maximum atomic E-state index is 14.9. The predicted molar refractivity (Wildman–Crippen MR) is 155 cm³/mol. The highest BCUT2D eigenvalue weighted by molar-refractivity contribution is 7.98. The Labute approximate surface area is 249 Å². The van der Waals surface area contributed by atoms with E-state index in [1.165, 1.54) is 19.2 Å². The molecule has 4 rings (SSSR count). The average Bonchev–Trinajstić information content (AvgIpc) is 3.34. The zero-order valence-electron chi connectivity index (χ0n) is 22.3. The van der Waals surface area contributed by atoms with Crippen molar-refractivity contribution in [3.63, 3.8) is 0 Å². The van der Waals surface area contributed by atoms with Gasteiger partial charge in [0.2, 0.25) is 0 Å². The summed E-state index contributed by atoms with van der Waals surface area (Å²) in [5.41, 5.74) is 1.36. The third-order valence-electron chi connectivity index (χ3n) is 6.56. The number of aromatic nitrogens is 2. The van der Waals surface area contributed by atoms with Gasteiger partial charge >= 0.3 is 5.97 Å². The van der Waals surface area contributed by atoms with Crippen molar-refractivity contribution in [2.24, 2.45) is 0 Å². The molecule has 0 saturated heterocycles. The minimum absolute atomic E-state index is 0.0218. The van der Waals surface area contributed by atoms with Gasteiger partial charge in [-0.2, -0.15) is 0 Å². The number of aliphatic carboxylic acids is 1. The molecule has 0 radical (unpaired) electrons. The van der Waals surface area contributed by atoms with Crippen LogP contribution in [0.1, 0.15) is 37.1 Å². The molecule has 12 heteroatoms. The number of thioether (sulfide) groups is 1. The molecule has 2 N–H and O–H groups in total. The van der Waals surface area contributed by atoms with E-state index < -0.39 is 28.8 Å². The summed E-state index contributed by atoms with van der Waals surface area (Å²) < 4.78 is 51.1. The molecule has 0 bridgehead atoms. The Hall–Kier alpha value is -3.34. The van der Waals surface area contributed by atoms with Crippen molar-refractivity contribution in [1.82, 2.24) is 9.55 Å². The number of carboxylic acids is 1. The van der Waals surface area contributed by atoms with Gasteiger partial charge in [-0.3, -0.25) is 9.36 Å². The van der Waals surface area contributed by atoms with Gasteiger partial charge < -0.3 is 15.2 Å². The van der Waals surface area contributed by atoms with Crippen LogP contribution in [-0.4, -0.2) is 34.3 Å². The third-order valence-corrected chi connectivity index (χ3v) is 8.28. The Morgan fingerprint density at radius 2 is 1.76 bits per heavy atom. The molecule has 0 amide bonds. The number of carboxylic acid groups (broad SMARTS) is 1. The van der Waals surface area contributed by atoms with Crippen molar-refractivity contribution in [3.05, 3.63) is 99.0 Å². The van der Waals surface area contributed by atoms with Gasteiger partial charge in [-0.15, -0.1) is 0 Å². The smallest absolute Gasteiger partial charge is 0.305 e. The molecule has 0 saturated carbocycles. The summed E-state index contributed by atoms with van der Waals surface area (Å²) in [5, 5.41) is 12.7. The van der Waals surface area contributed by atoms with Crippen LogP contribution in [0.15, 0.2) is 59.9 Å². The first-order valence-electron chi connectivity index (χ1n) is 12.4. The molecule has 0 aliphatic heterocycles. The molecule has 1 heterocycles. The number of rotatable bonds is 11. The van der Waals surface area contributed by atoms with E-state index >= 15 is 0 Å². The first-order valence-corrected chi connectivity index (χ1v) is 14.1. The van der Waals surface area contributed by atoms with Crippen LogP contribution < -0.4 is 10.1 Å². The van der Waals surface area contributed by atoms with E-state index in [9.17, 15) is 18.0 Å². The summed E-state index contributed by atoms with van der Waals surface area (Å²) in [4.78, 5) is 15.3. The van der Waals surface area contributed by atoms with Crippen molar-refractivity contribution in [2.45, 2.75) is 36.6 Å². The molecule has 0 aliphatic rings. The lowest BCUT2D eigenvalue weighted by molar-refractivity contribution is -0.136. The lowest BCUT2D eigenvalue weighted by Gasteiger charge is -2.28. The van der Waals surface area contributed by atoms with Crippen LogP contribution in [0.3, 0.4) is 0 Å². The Morgan fingerprint density at radius 3 is 2.39 bits per heavy atom. The SMILES string of the molecule is COc1cc(-n2c(C(C)(C)c3ccc(Cl)c(Cl)c3)cnc2SCc2c(F)cc(NCCC(=O)O)cc2F)ccc1F. The molecular weight excluding hydrogens is 598 g/mol. The molecule has 0 aliphatic carbocycles. The Balaban J connectivity index is 1.72. The van der Waals surface area contributed by atoms with Crippen LogP contribution in [0.2, 0.25) is 10.0 Å². The predicted octanol–water partition coefficient (Wildman–Crippen LogP) is 8.11. The number of nitrogens with zero attached hydrogens (tertiary/aromatic N) is 2. The maximum absolute atomic E-state index is 14.9. The van der Waals surface area contributed by atoms with Gasteiger partial charge in [0.1, 0.15) is 11.6 Å². The number of hydrogen-bond acceptors (Lipinski definition) is 5. The molecule has 0 fully saturated rings. The van der Waals surface area contributed by atoms with Gasteiger partial charge in [-0.05, 0) is 42.0 Å². The topological polar surface area (TPSA) is 76.4 Å². The largest absolute Gasteiger partial charge is 0.494 e. The van der Waals surface area contributed by atoms with Crippen LogP contribution >= 0.6 is 35.0 Å². The van der Waals surface area contributed by atoms with Crippen molar-refractivity contribution in [2.75, 3.05) is 19.0 Å². The highest BCUT2D eigenvalue weighted by atomic mass is 35.5. The van der Waals surface area contributed by atoms with Crippen LogP contribution in [0.25, 0.3) is 5.69 Å². The zero-order chi connectivity index (χ0) is 29.9. The van der Waals surface area contributed by atoms with Crippen molar-refractivity contribution < 1.29 is 27.8 Å². The summed E-state index contributed by atoms with van der Waals surface area (Å²) >= 11 is 13.5. The zero-order valence-corrected chi connectivity index (χ0v) is 24.6. The Bertz CT molecular complexity index is 1570. The summed E-state index contributed by atoms with van der Waals surface area (Å²) in [5.74, 6) is -3.22. The number of ether oxygens (including phenoxy) is 1. The second-order valence-electron chi connectivity index (χ2n) is 9.61. The van der Waals surface area contributed by atoms with E-state index in [0.29, 0.717) is 26.6 Å². The molecule has 6 nitrogen and oxygen atoms in total. The highest BCUT2D eigenvalue weighted by Gasteiger charge is 2.30. The van der Waals surface area contributed by atoms with E-state index in [2.05, 4.69) is 10.3 Å². The van der Waals surface area contributed by atoms with Gasteiger partial charge in [-0.1, -0.05) is 54.9 Å². The number of imidazole rings is 1. The fraction of sp³-hybridized carbons (Fsp3) is 0.241. The van der Waals surface area contributed by atoms with E-state index in [1.807, 2.05) is 19.9 Å². The minimum atomic E-state index is -1.03. The quantitative estimate of drug-likeness (QED) is 0.164. The van der Waals surface area contributed by atoms with Crippen LogP contribution in [-0.2, 0) is 16.0 Å². The summed E-state index contributed by atoms with van der Waals surface area (Å²) in [6.07, 6.45) is 1.46. The molecule has 0 unspecified atom stereocenters. The molecular formula is C29H26Cl2F3N3O3S. The number of methoxy groups -OCH3 is 1. The molecule has 4 aromatic rings. The number of benzene rings is 3. The normalized spacial score (nSPS) is 11.5. The maximum Gasteiger partial charge on any atom is 0.305 e. The van der Waals surface area contributed by atoms with Gasteiger partial charge in [-0.25, -0.2) is 18.2 Å². The molecule has 41 heavy (non-hydrogen) atoms. The van der Waals surface area contributed by atoms with Crippen LogP contribution in [0.4, 0.5) is 18.9 Å². The van der Waals surface area contributed by atoms with E-state index in [-0.39, 0.29) is 35.7 Å². The Morgan fingerprint density at radius 1 is 1.05 bits per heavy atom. The molecule has 3 aromatic carbocycles. The minimum Gasteiger partial charge on any atom is -0.494 e. The number of anilines is 1. The highest BCUT2D eigenvalue weighted by Crippen LogP contribution is 2.39. The van der Waals surface area contributed by atoms with Crippen LogP contribution in [0.5, 0.6) is 5.75 Å². The molecule has 0 atom stereocenters. The monoisotopic (exact) mass is 623 g/mol. The van der Waals surface area contributed by atoms with E-state index in [4.69, 9.17) is 33.0 Å². The van der Waals surface area contributed by atoms with E-state index in [0.717, 1.165) is 29.5 Å². The first kappa shape index (κ1) is 30.6. The number of halogens is 5. The average molecular weight is 625 g/mol. The lowest BCUT2D eigenvalue weighted by Crippen LogP contribution is -2.23. The second-order valence-corrected chi connectivity index (χ2v) is 11.4. The summed E-state index contributed by atoms with van der Waals surface area (Å²) in [7, 11) is 1.36. The fourth-order valence-corrected chi connectivity index (χ4v) is 5.55. The van der Waals surface area contributed by atoms with Crippen LogP contribution in [0, 0.1) is 17.5 Å². The number of carbonyl (C=O) groups is 1.